The summed E-state index contributed by atoms with van der Waals surface area (Å²) in [5, 5.41) is 2.00. The van der Waals surface area contributed by atoms with Gasteiger partial charge in [0, 0.05) is 6.54 Å². The summed E-state index contributed by atoms with van der Waals surface area (Å²) in [6, 6.07) is 0.792. The first kappa shape index (κ1) is 21.8. The summed E-state index contributed by atoms with van der Waals surface area (Å²) >= 11 is 0. The van der Waals surface area contributed by atoms with Gasteiger partial charge in [0.05, 0.1) is 11.5 Å². The maximum Gasteiger partial charge on any atom is 0.311 e. The Hall–Kier alpha value is -1.24. The molecule has 1 unspecified atom stereocenters. The molecule has 1 aliphatic rings. The van der Waals surface area contributed by atoms with Crippen LogP contribution in [-0.4, -0.2) is 44.3 Å². The fourth-order valence-corrected chi connectivity index (χ4v) is 6.47. The van der Waals surface area contributed by atoms with Gasteiger partial charge in [-0.05, 0) is 65.2 Å². The number of carbonyl (C=O) groups is 2. The Labute approximate surface area is 153 Å². The van der Waals surface area contributed by atoms with E-state index in [4.69, 9.17) is 9.26 Å². The van der Waals surface area contributed by atoms with E-state index in [2.05, 4.69) is 19.7 Å². The molecule has 25 heavy (non-hydrogen) atoms. The largest absolute Gasteiger partial charge is 0.461 e. The highest BCUT2D eigenvalue weighted by atomic mass is 28.4. The summed E-state index contributed by atoms with van der Waals surface area (Å²) < 4.78 is 11.6. The molecule has 0 radical (unpaired) electrons. The summed E-state index contributed by atoms with van der Waals surface area (Å²) in [5.74, 6) is -0.128. The van der Waals surface area contributed by atoms with Gasteiger partial charge in [-0.2, -0.15) is 5.06 Å². The smallest absolute Gasteiger partial charge is 0.311 e. The summed E-state index contributed by atoms with van der Waals surface area (Å²) in [5.41, 5.74) is 0.173. The molecule has 0 bridgehead atoms. The van der Waals surface area contributed by atoms with Gasteiger partial charge < -0.3 is 9.26 Å². The van der Waals surface area contributed by atoms with E-state index in [1.807, 2.05) is 31.9 Å². The molecule has 0 saturated carbocycles. The molecule has 0 aromatic rings. The molecule has 1 heterocycles. The average molecular weight is 368 g/mol. The molecule has 0 N–H and O–H groups in total. The van der Waals surface area contributed by atoms with Crippen LogP contribution in [0.25, 0.3) is 0 Å². The third kappa shape index (κ3) is 6.88. The van der Waals surface area contributed by atoms with Crippen molar-refractivity contribution in [3.8, 4) is 0 Å². The van der Waals surface area contributed by atoms with Crippen LogP contribution in [0.4, 0.5) is 0 Å². The third-order valence-electron chi connectivity index (χ3n) is 4.36. The van der Waals surface area contributed by atoms with Crippen LogP contribution in [-0.2, 0) is 18.9 Å². The number of esters is 1. The van der Waals surface area contributed by atoms with Gasteiger partial charge in [0.1, 0.15) is 6.61 Å². The number of ketones is 1. The van der Waals surface area contributed by atoms with Crippen LogP contribution in [0.3, 0.4) is 0 Å². The van der Waals surface area contributed by atoms with Crippen LogP contribution in [0.1, 0.15) is 40.5 Å². The highest BCUT2D eigenvalue weighted by molar-refractivity contribution is 6.71. The van der Waals surface area contributed by atoms with Gasteiger partial charge in [0.15, 0.2) is 5.78 Å². The second-order valence-electron chi connectivity index (χ2n) is 8.05. The SMILES string of the molecule is C=CCOC(=O)C(C)(C)C[Si](C)(C)ON1CCCC1C=C(C)C(C)=O. The van der Waals surface area contributed by atoms with Crippen molar-refractivity contribution in [2.45, 2.75) is 65.7 Å². The number of nitrogens with zero attached hydrogens (tertiary/aromatic N) is 1. The zero-order chi connectivity index (χ0) is 19.3. The normalized spacial score (nSPS) is 19.8. The van der Waals surface area contributed by atoms with Crippen molar-refractivity contribution in [2.24, 2.45) is 5.41 Å². The summed E-state index contributed by atoms with van der Waals surface area (Å²) in [7, 11) is -2.14. The maximum absolute atomic E-state index is 12.3. The molecule has 1 fully saturated rings. The van der Waals surface area contributed by atoms with E-state index in [1.165, 1.54) is 0 Å². The van der Waals surface area contributed by atoms with E-state index in [9.17, 15) is 9.59 Å². The molecule has 1 saturated heterocycles. The number of hydroxylamine groups is 2. The molecule has 1 aliphatic heterocycles. The molecule has 0 spiro atoms. The van der Waals surface area contributed by atoms with Crippen LogP contribution in [0, 0.1) is 5.41 Å². The second-order valence-corrected chi connectivity index (χ2v) is 12.1. The first-order chi connectivity index (χ1) is 11.5. The van der Waals surface area contributed by atoms with Gasteiger partial charge >= 0.3 is 5.97 Å². The lowest BCUT2D eigenvalue weighted by Crippen LogP contribution is -2.46. The van der Waals surface area contributed by atoms with Crippen LogP contribution in [0.2, 0.25) is 19.1 Å². The van der Waals surface area contributed by atoms with E-state index in [0.717, 1.165) is 25.0 Å². The fraction of sp³-hybridized carbons (Fsp3) is 0.684. The molecule has 0 amide bonds. The van der Waals surface area contributed by atoms with Gasteiger partial charge in [-0.25, -0.2) is 0 Å². The molecule has 142 valence electrons. The van der Waals surface area contributed by atoms with Crippen LogP contribution >= 0.6 is 0 Å². The van der Waals surface area contributed by atoms with E-state index in [0.29, 0.717) is 6.04 Å². The topological polar surface area (TPSA) is 55.8 Å². The summed E-state index contributed by atoms with van der Waals surface area (Å²) in [6.07, 6.45) is 5.61. The van der Waals surface area contributed by atoms with E-state index < -0.39 is 13.7 Å². The van der Waals surface area contributed by atoms with E-state index in [-0.39, 0.29) is 24.4 Å². The van der Waals surface area contributed by atoms with Crippen molar-refractivity contribution in [2.75, 3.05) is 13.2 Å². The Bertz CT molecular complexity index is 540. The van der Waals surface area contributed by atoms with Crippen molar-refractivity contribution in [3.05, 3.63) is 24.3 Å². The van der Waals surface area contributed by atoms with Gasteiger partial charge in [-0.15, -0.1) is 0 Å². The predicted molar refractivity (Wildman–Crippen MR) is 102 cm³/mol. The first-order valence-corrected chi connectivity index (χ1v) is 12.0. The molecule has 6 heteroatoms. The monoisotopic (exact) mass is 367 g/mol. The molecule has 0 aliphatic carbocycles. The molecular weight excluding hydrogens is 334 g/mol. The van der Waals surface area contributed by atoms with Gasteiger partial charge in [0.25, 0.3) is 0 Å². The lowest BCUT2D eigenvalue weighted by molar-refractivity contribution is -0.152. The number of rotatable bonds is 9. The van der Waals surface area contributed by atoms with Crippen LogP contribution in [0.15, 0.2) is 24.3 Å². The number of hydrogen-bond acceptors (Lipinski definition) is 5. The summed E-state index contributed by atoms with van der Waals surface area (Å²) in [6.45, 7) is 16.1. The predicted octanol–water partition coefficient (Wildman–Crippen LogP) is 3.88. The third-order valence-corrected chi connectivity index (χ3v) is 6.83. The zero-order valence-electron chi connectivity index (χ0n) is 16.6. The highest BCUT2D eigenvalue weighted by Gasteiger charge is 2.41. The number of allylic oxidation sites excluding steroid dienone is 1. The Morgan fingerprint density at radius 3 is 2.52 bits per heavy atom. The lowest BCUT2D eigenvalue weighted by atomic mass is 9.97. The highest BCUT2D eigenvalue weighted by Crippen LogP contribution is 2.33. The van der Waals surface area contributed by atoms with Gasteiger partial charge in [-0.1, -0.05) is 18.7 Å². The average Bonchev–Trinajstić information content (AvgIpc) is 2.89. The van der Waals surface area contributed by atoms with Crippen molar-refractivity contribution >= 4 is 20.1 Å². The maximum atomic E-state index is 12.3. The minimum absolute atomic E-state index is 0.0921. The molecular formula is C19H33NO4Si. The number of hydrogen-bond donors (Lipinski definition) is 0. The summed E-state index contributed by atoms with van der Waals surface area (Å²) in [4.78, 5) is 23.8. The van der Waals surface area contributed by atoms with Crippen molar-refractivity contribution < 1.29 is 18.9 Å². The molecule has 0 aromatic heterocycles. The Kier molecular flexibility index (Phi) is 7.78. The van der Waals surface area contributed by atoms with Crippen molar-refractivity contribution in [3.63, 3.8) is 0 Å². The first-order valence-electron chi connectivity index (χ1n) is 8.92. The van der Waals surface area contributed by atoms with E-state index in [1.54, 1.807) is 13.0 Å². The van der Waals surface area contributed by atoms with Crippen molar-refractivity contribution in [1.82, 2.24) is 5.06 Å². The molecule has 0 aromatic carbocycles. The quantitative estimate of drug-likeness (QED) is 0.268. The molecule has 5 nitrogen and oxygen atoms in total. The Morgan fingerprint density at radius 1 is 1.32 bits per heavy atom. The minimum atomic E-state index is -2.14. The number of ether oxygens (including phenoxy) is 1. The number of Topliss-reactive ketones (excluding diaryl/α,β-unsaturated/α-hetero) is 1. The van der Waals surface area contributed by atoms with Crippen molar-refractivity contribution in [1.29, 1.82) is 0 Å². The fourth-order valence-electron chi connectivity index (χ4n) is 3.27. The Morgan fingerprint density at radius 2 is 1.96 bits per heavy atom. The van der Waals surface area contributed by atoms with Crippen LogP contribution < -0.4 is 0 Å². The molecule has 1 atom stereocenters. The minimum Gasteiger partial charge on any atom is -0.461 e. The van der Waals surface area contributed by atoms with E-state index >= 15 is 0 Å². The molecule has 1 rings (SSSR count). The van der Waals surface area contributed by atoms with Gasteiger partial charge in [-0.3, -0.25) is 9.59 Å². The zero-order valence-corrected chi connectivity index (χ0v) is 17.6. The second kappa shape index (κ2) is 8.92. The van der Waals surface area contributed by atoms with Gasteiger partial charge in [0.2, 0.25) is 8.32 Å². The number of carbonyl (C=O) groups excluding carboxylic acids is 2. The Balaban J connectivity index is 2.75. The lowest BCUT2D eigenvalue weighted by Gasteiger charge is -2.36. The van der Waals surface area contributed by atoms with Crippen LogP contribution in [0.5, 0.6) is 0 Å². The standard InChI is InChI=1S/C19H33NO4Si/c1-8-12-23-18(22)19(4,5)14-25(6,7)24-20-11-9-10-17(20)13-15(2)16(3)21/h8,13,17H,1,9-12,14H2,2-7H3.